The highest BCUT2D eigenvalue weighted by Crippen LogP contribution is 2.39. The Morgan fingerprint density at radius 1 is 0.688 bits per heavy atom. The van der Waals surface area contributed by atoms with Gasteiger partial charge in [-0.05, 0) is 29.8 Å². The maximum atomic E-state index is 3.58. The molecule has 0 unspecified atom stereocenters. The van der Waals surface area contributed by atoms with E-state index in [1.165, 1.54) is 0 Å². The molecule has 2 rings (SSSR count). The largest absolute Gasteiger partial charge is 0.0600 e. The molecule has 0 aromatic heterocycles. The topological polar surface area (TPSA) is 0 Å². The van der Waals surface area contributed by atoms with E-state index in [9.17, 15) is 0 Å². The fourth-order valence-corrected chi connectivity index (χ4v) is 4.12. The van der Waals surface area contributed by atoms with E-state index in [0.29, 0.717) is 0 Å². The van der Waals surface area contributed by atoms with E-state index in [1.54, 1.807) is 0 Å². The van der Waals surface area contributed by atoms with Crippen LogP contribution < -0.4 is 0 Å². The van der Waals surface area contributed by atoms with Crippen LogP contribution in [0.2, 0.25) is 0 Å². The Kier molecular flexibility index (Phi) is 4.27. The van der Waals surface area contributed by atoms with E-state index in [4.69, 9.17) is 0 Å². The molecule has 0 saturated heterocycles. The Hall–Kier alpha value is 0.360. The van der Waals surface area contributed by atoms with Crippen molar-refractivity contribution in [3.05, 3.63) is 54.3 Å². The van der Waals surface area contributed by atoms with Crippen molar-refractivity contribution in [2.24, 2.45) is 0 Å². The standard InChI is InChI=1S/C12H6Br4/c13-7-4-5-8(11(16)6-7)12-9(14)2-1-3-10(12)15/h1-6H. The molecule has 0 N–H and O–H groups in total. The second-order valence-electron chi connectivity index (χ2n) is 3.22. The zero-order chi connectivity index (χ0) is 11.7. The molecule has 2 aromatic rings. The summed E-state index contributed by atoms with van der Waals surface area (Å²) < 4.78 is 4.27. The number of hydrogen-bond donors (Lipinski definition) is 0. The van der Waals surface area contributed by atoms with E-state index in [-0.39, 0.29) is 0 Å². The minimum absolute atomic E-state index is 1.06. The van der Waals surface area contributed by atoms with Gasteiger partial charge in [0.15, 0.2) is 0 Å². The molecule has 0 radical (unpaired) electrons. The van der Waals surface area contributed by atoms with Gasteiger partial charge in [0.05, 0.1) is 0 Å². The summed E-state index contributed by atoms with van der Waals surface area (Å²) in [4.78, 5) is 0. The Balaban J connectivity index is 2.68. The van der Waals surface area contributed by atoms with Crippen molar-refractivity contribution < 1.29 is 0 Å². The van der Waals surface area contributed by atoms with Crippen molar-refractivity contribution in [3.8, 4) is 11.1 Å². The van der Waals surface area contributed by atoms with Crippen LogP contribution in [-0.2, 0) is 0 Å². The lowest BCUT2D eigenvalue weighted by Crippen LogP contribution is -1.84. The van der Waals surface area contributed by atoms with Crippen LogP contribution in [0.1, 0.15) is 0 Å². The van der Waals surface area contributed by atoms with Gasteiger partial charge in [0.25, 0.3) is 0 Å². The normalized spacial score (nSPS) is 10.5. The molecule has 0 spiro atoms. The molecule has 0 aliphatic heterocycles. The summed E-state index contributed by atoms with van der Waals surface area (Å²) >= 11 is 14.2. The van der Waals surface area contributed by atoms with E-state index >= 15 is 0 Å². The summed E-state index contributed by atoms with van der Waals surface area (Å²) in [5.74, 6) is 0. The summed E-state index contributed by atoms with van der Waals surface area (Å²) in [5.41, 5.74) is 2.31. The van der Waals surface area contributed by atoms with Crippen molar-refractivity contribution in [1.82, 2.24) is 0 Å². The zero-order valence-corrected chi connectivity index (χ0v) is 14.3. The molecule has 82 valence electrons. The molecule has 2 aromatic carbocycles. The minimum Gasteiger partial charge on any atom is -0.0600 e. The van der Waals surface area contributed by atoms with E-state index in [1.807, 2.05) is 30.3 Å². The van der Waals surface area contributed by atoms with Crippen LogP contribution in [0.3, 0.4) is 0 Å². The first-order chi connectivity index (χ1) is 7.59. The smallest absolute Gasteiger partial charge is 0.0265 e. The molecule has 0 aliphatic carbocycles. The van der Waals surface area contributed by atoms with Gasteiger partial charge in [-0.25, -0.2) is 0 Å². The predicted octanol–water partition coefficient (Wildman–Crippen LogP) is 6.40. The van der Waals surface area contributed by atoms with Gasteiger partial charge in [-0.3, -0.25) is 0 Å². The van der Waals surface area contributed by atoms with E-state index in [0.717, 1.165) is 29.0 Å². The monoisotopic (exact) mass is 466 g/mol. The van der Waals surface area contributed by atoms with Gasteiger partial charge < -0.3 is 0 Å². The molecule has 0 atom stereocenters. The third kappa shape index (κ3) is 2.61. The van der Waals surface area contributed by atoms with Gasteiger partial charge in [-0.15, -0.1) is 0 Å². The first-order valence-corrected chi connectivity index (χ1v) is 7.66. The summed E-state index contributed by atoms with van der Waals surface area (Å²) in [5, 5.41) is 0. The van der Waals surface area contributed by atoms with E-state index in [2.05, 4.69) is 69.8 Å². The van der Waals surface area contributed by atoms with Crippen LogP contribution in [-0.4, -0.2) is 0 Å². The molecule has 0 nitrogen and oxygen atoms in total. The Bertz CT molecular complexity index is 514. The highest BCUT2D eigenvalue weighted by atomic mass is 79.9. The number of benzene rings is 2. The lowest BCUT2D eigenvalue weighted by atomic mass is 10.1. The second kappa shape index (κ2) is 5.34. The summed E-state index contributed by atoms with van der Waals surface area (Å²) in [7, 11) is 0. The lowest BCUT2D eigenvalue weighted by Gasteiger charge is -2.10. The van der Waals surface area contributed by atoms with Gasteiger partial charge >= 0.3 is 0 Å². The summed E-state index contributed by atoms with van der Waals surface area (Å²) in [6, 6.07) is 12.2. The molecule has 0 aliphatic rings. The van der Waals surface area contributed by atoms with Crippen molar-refractivity contribution in [2.75, 3.05) is 0 Å². The first-order valence-electron chi connectivity index (χ1n) is 4.49. The maximum Gasteiger partial charge on any atom is 0.0265 e. The zero-order valence-electron chi connectivity index (χ0n) is 7.98. The molecule has 0 fully saturated rings. The molecule has 0 heterocycles. The fraction of sp³-hybridized carbons (Fsp3) is 0. The van der Waals surface area contributed by atoms with Crippen molar-refractivity contribution in [3.63, 3.8) is 0 Å². The third-order valence-corrected chi connectivity index (χ3v) is 4.63. The second-order valence-corrected chi connectivity index (χ2v) is 6.70. The Labute approximate surface area is 128 Å². The lowest BCUT2D eigenvalue weighted by molar-refractivity contribution is 1.51. The SMILES string of the molecule is Brc1ccc(-c2c(Br)cccc2Br)c(Br)c1. The number of halogens is 4. The summed E-state index contributed by atoms with van der Waals surface area (Å²) in [6.45, 7) is 0. The number of hydrogen-bond acceptors (Lipinski definition) is 0. The van der Waals surface area contributed by atoms with Crippen molar-refractivity contribution >= 4 is 63.7 Å². The number of rotatable bonds is 1. The molecule has 4 heteroatoms. The van der Waals surface area contributed by atoms with E-state index < -0.39 is 0 Å². The predicted molar refractivity (Wildman–Crippen MR) is 82.7 cm³/mol. The average molecular weight is 470 g/mol. The molecule has 0 bridgehead atoms. The van der Waals surface area contributed by atoms with Crippen LogP contribution >= 0.6 is 63.7 Å². The van der Waals surface area contributed by atoms with Gasteiger partial charge in [-0.2, -0.15) is 0 Å². The molecule has 16 heavy (non-hydrogen) atoms. The molecule has 0 saturated carbocycles. The van der Waals surface area contributed by atoms with Crippen molar-refractivity contribution in [1.29, 1.82) is 0 Å². The summed E-state index contributed by atoms with van der Waals surface area (Å²) in [6.07, 6.45) is 0. The van der Waals surface area contributed by atoms with Gasteiger partial charge in [0.1, 0.15) is 0 Å². The van der Waals surface area contributed by atoms with Crippen LogP contribution in [0, 0.1) is 0 Å². The average Bonchev–Trinajstić information content (AvgIpc) is 2.20. The third-order valence-electron chi connectivity index (χ3n) is 2.16. The van der Waals surface area contributed by atoms with Crippen molar-refractivity contribution in [2.45, 2.75) is 0 Å². The van der Waals surface area contributed by atoms with Crippen LogP contribution in [0.25, 0.3) is 11.1 Å². The highest BCUT2D eigenvalue weighted by Gasteiger charge is 2.10. The highest BCUT2D eigenvalue weighted by molar-refractivity contribution is 9.11. The van der Waals surface area contributed by atoms with Crippen LogP contribution in [0.15, 0.2) is 54.3 Å². The molecule has 0 amide bonds. The molecular weight excluding hydrogens is 464 g/mol. The Morgan fingerprint density at radius 3 is 1.88 bits per heavy atom. The van der Waals surface area contributed by atoms with Gasteiger partial charge in [0, 0.05) is 23.5 Å². The van der Waals surface area contributed by atoms with Gasteiger partial charge in [0.2, 0.25) is 0 Å². The van der Waals surface area contributed by atoms with Gasteiger partial charge in [-0.1, -0.05) is 75.9 Å². The Morgan fingerprint density at radius 2 is 1.31 bits per heavy atom. The maximum absolute atomic E-state index is 3.58. The fourth-order valence-electron chi connectivity index (χ4n) is 1.45. The first kappa shape index (κ1) is 12.8. The molecular formula is C12H6Br4. The van der Waals surface area contributed by atoms with Crippen LogP contribution in [0.4, 0.5) is 0 Å². The van der Waals surface area contributed by atoms with Crippen LogP contribution in [0.5, 0.6) is 0 Å². The minimum atomic E-state index is 1.06. The quantitative estimate of drug-likeness (QED) is 0.453.